The van der Waals surface area contributed by atoms with E-state index in [9.17, 15) is 27.9 Å². The van der Waals surface area contributed by atoms with Crippen molar-refractivity contribution in [3.63, 3.8) is 0 Å². The number of nitrogens with zero attached hydrogens (tertiary/aromatic N) is 1. The van der Waals surface area contributed by atoms with Gasteiger partial charge in [-0.3, -0.25) is 4.79 Å². The number of carbonyl (C=O) groups is 2. The van der Waals surface area contributed by atoms with Crippen LogP contribution in [0, 0.1) is 0 Å². The highest BCUT2D eigenvalue weighted by atomic mass is 19.4. The van der Waals surface area contributed by atoms with E-state index in [1.807, 2.05) is 0 Å². The molecule has 1 amide bonds. The summed E-state index contributed by atoms with van der Waals surface area (Å²) in [6, 6.07) is 17.0. The van der Waals surface area contributed by atoms with Crippen molar-refractivity contribution in [1.29, 1.82) is 0 Å². The first kappa shape index (κ1) is 21.3. The number of hydrogen-bond donors (Lipinski definition) is 2. The first-order valence-electron chi connectivity index (χ1n) is 9.72. The van der Waals surface area contributed by atoms with Crippen molar-refractivity contribution in [3.05, 3.63) is 89.5 Å². The third-order valence-electron chi connectivity index (χ3n) is 5.16. The number of hydrogen-bond acceptors (Lipinski definition) is 3. The highest BCUT2D eigenvalue weighted by Crippen LogP contribution is 2.32. The van der Waals surface area contributed by atoms with Crippen molar-refractivity contribution in [3.8, 4) is 0 Å². The van der Waals surface area contributed by atoms with E-state index in [4.69, 9.17) is 0 Å². The van der Waals surface area contributed by atoms with Crippen molar-refractivity contribution < 1.29 is 27.9 Å². The lowest BCUT2D eigenvalue weighted by molar-refractivity contribution is -0.141. The maximum Gasteiger partial charge on any atom is 0.416 e. The molecule has 0 fully saturated rings. The average molecular weight is 438 g/mol. The molecule has 0 unspecified atom stereocenters. The monoisotopic (exact) mass is 438 g/mol. The predicted molar refractivity (Wildman–Crippen MR) is 113 cm³/mol. The number of carboxylic acid groups (broad SMARTS) is 1. The lowest BCUT2D eigenvalue weighted by Crippen LogP contribution is -2.42. The molecule has 0 radical (unpaired) electrons. The number of fused-ring (bicyclic) bond motifs is 2. The Morgan fingerprint density at radius 2 is 1.41 bits per heavy atom. The van der Waals surface area contributed by atoms with Gasteiger partial charge >= 0.3 is 12.1 Å². The Bertz CT molecular complexity index is 1280. The van der Waals surface area contributed by atoms with Crippen molar-refractivity contribution >= 4 is 33.7 Å². The van der Waals surface area contributed by atoms with Gasteiger partial charge in [0.25, 0.3) is 5.91 Å². The van der Waals surface area contributed by atoms with Crippen LogP contribution in [-0.2, 0) is 17.4 Å². The van der Waals surface area contributed by atoms with E-state index in [1.165, 1.54) is 18.2 Å². The van der Waals surface area contributed by atoms with Crippen LogP contribution in [0.15, 0.2) is 72.8 Å². The number of alkyl halides is 3. The van der Waals surface area contributed by atoms with Gasteiger partial charge in [-0.15, -0.1) is 0 Å². The lowest BCUT2D eigenvalue weighted by atomic mass is 9.98. The molecule has 1 heterocycles. The van der Waals surface area contributed by atoms with E-state index in [-0.39, 0.29) is 11.1 Å². The van der Waals surface area contributed by atoms with Crippen LogP contribution >= 0.6 is 0 Å². The molecule has 4 rings (SSSR count). The number of aliphatic carboxylic acids is 1. The van der Waals surface area contributed by atoms with Gasteiger partial charge in [0.2, 0.25) is 0 Å². The standard InChI is InChI=1S/C24H17F3N2O3/c25-24(26,27)17-10-4-1-7-14(17)13-20(23(31)32)29-22(30)21-15-8-2-5-11-18(15)28-19-12-6-3-9-16(19)21/h1-12,20H,13H2,(H,29,30)(H,31,32)/t20-/m1/s1. The second kappa shape index (κ2) is 8.30. The molecule has 8 heteroatoms. The highest BCUT2D eigenvalue weighted by Gasteiger charge is 2.34. The SMILES string of the molecule is O=C(N[C@H](Cc1ccccc1C(F)(F)F)C(=O)O)c1c2ccccc2nc2ccccc12. The largest absolute Gasteiger partial charge is 0.480 e. The van der Waals surface area contributed by atoms with Gasteiger partial charge in [0.15, 0.2) is 0 Å². The summed E-state index contributed by atoms with van der Waals surface area (Å²) in [7, 11) is 0. The van der Waals surface area contributed by atoms with Crippen LogP contribution in [0.4, 0.5) is 13.2 Å². The number of nitrogens with one attached hydrogen (secondary N) is 1. The minimum absolute atomic E-state index is 0.211. The summed E-state index contributed by atoms with van der Waals surface area (Å²) >= 11 is 0. The zero-order valence-electron chi connectivity index (χ0n) is 16.6. The molecule has 4 aromatic rings. The summed E-state index contributed by atoms with van der Waals surface area (Å²) < 4.78 is 40.0. The zero-order valence-corrected chi connectivity index (χ0v) is 16.6. The zero-order chi connectivity index (χ0) is 22.9. The molecule has 162 valence electrons. The minimum atomic E-state index is -4.64. The second-order valence-corrected chi connectivity index (χ2v) is 7.24. The van der Waals surface area contributed by atoms with Gasteiger partial charge in [0, 0.05) is 17.2 Å². The van der Waals surface area contributed by atoms with Crippen LogP contribution < -0.4 is 5.32 Å². The van der Waals surface area contributed by atoms with Crippen LogP contribution in [0.3, 0.4) is 0 Å². The molecule has 0 aliphatic heterocycles. The quantitative estimate of drug-likeness (QED) is 0.438. The minimum Gasteiger partial charge on any atom is -0.480 e. The highest BCUT2D eigenvalue weighted by molar-refractivity contribution is 6.16. The molecule has 0 aliphatic carbocycles. The van der Waals surface area contributed by atoms with E-state index in [2.05, 4.69) is 10.3 Å². The Morgan fingerprint density at radius 1 is 0.875 bits per heavy atom. The van der Waals surface area contributed by atoms with E-state index >= 15 is 0 Å². The number of pyridine rings is 1. The van der Waals surface area contributed by atoms with Gasteiger partial charge in [-0.2, -0.15) is 13.2 Å². The Labute approximate surface area is 180 Å². The number of benzene rings is 3. The summed E-state index contributed by atoms with van der Waals surface area (Å²) in [4.78, 5) is 29.6. The number of rotatable bonds is 5. The lowest BCUT2D eigenvalue weighted by Gasteiger charge is -2.19. The van der Waals surface area contributed by atoms with E-state index in [0.29, 0.717) is 21.8 Å². The normalized spacial score (nSPS) is 12.6. The van der Waals surface area contributed by atoms with Crippen LogP contribution in [-0.4, -0.2) is 28.0 Å². The van der Waals surface area contributed by atoms with Gasteiger partial charge in [-0.1, -0.05) is 54.6 Å². The summed E-state index contributed by atoms with van der Waals surface area (Å²) in [6.45, 7) is 0. The number of aromatic nitrogens is 1. The maximum absolute atomic E-state index is 13.3. The fourth-order valence-electron chi connectivity index (χ4n) is 3.71. The van der Waals surface area contributed by atoms with Crippen molar-refractivity contribution in [2.75, 3.05) is 0 Å². The number of halogens is 3. The summed E-state index contributed by atoms with van der Waals surface area (Å²) in [5.41, 5.74) is 0.176. The Morgan fingerprint density at radius 3 is 1.97 bits per heavy atom. The second-order valence-electron chi connectivity index (χ2n) is 7.24. The summed E-state index contributed by atoms with van der Waals surface area (Å²) in [5, 5.41) is 13.1. The van der Waals surface area contributed by atoms with Crippen LogP contribution in [0.1, 0.15) is 21.5 Å². The molecular formula is C24H17F3N2O3. The van der Waals surface area contributed by atoms with Crippen molar-refractivity contribution in [2.24, 2.45) is 0 Å². The summed E-state index contributed by atoms with van der Waals surface area (Å²) in [6.07, 6.45) is -5.15. The third-order valence-corrected chi connectivity index (χ3v) is 5.16. The van der Waals surface area contributed by atoms with Crippen LogP contribution in [0.25, 0.3) is 21.8 Å². The fourth-order valence-corrected chi connectivity index (χ4v) is 3.71. The Balaban J connectivity index is 1.74. The topological polar surface area (TPSA) is 79.3 Å². The molecule has 3 aromatic carbocycles. The van der Waals surface area contributed by atoms with Gasteiger partial charge in [0.1, 0.15) is 6.04 Å². The number of carbonyl (C=O) groups excluding carboxylic acids is 1. The van der Waals surface area contributed by atoms with Gasteiger partial charge in [-0.25, -0.2) is 9.78 Å². The number of amides is 1. The molecule has 0 spiro atoms. The first-order chi connectivity index (χ1) is 15.3. The molecule has 0 saturated heterocycles. The average Bonchev–Trinajstić information content (AvgIpc) is 2.76. The van der Waals surface area contributed by atoms with Gasteiger partial charge in [-0.05, 0) is 23.8 Å². The van der Waals surface area contributed by atoms with E-state index < -0.39 is 36.1 Å². The molecule has 1 aromatic heterocycles. The fraction of sp³-hybridized carbons (Fsp3) is 0.125. The maximum atomic E-state index is 13.3. The molecule has 2 N–H and O–H groups in total. The van der Waals surface area contributed by atoms with Crippen molar-refractivity contribution in [2.45, 2.75) is 18.6 Å². The van der Waals surface area contributed by atoms with E-state index in [0.717, 1.165) is 6.07 Å². The molecule has 1 atom stereocenters. The van der Waals surface area contributed by atoms with Crippen LogP contribution in [0.2, 0.25) is 0 Å². The number of para-hydroxylation sites is 2. The molecule has 0 bridgehead atoms. The predicted octanol–water partition coefficient (Wildman–Crippen LogP) is 4.83. The van der Waals surface area contributed by atoms with E-state index in [1.54, 1.807) is 48.5 Å². The first-order valence-corrected chi connectivity index (χ1v) is 9.72. The van der Waals surface area contributed by atoms with Gasteiger partial charge < -0.3 is 10.4 Å². The molecule has 0 saturated carbocycles. The molecule has 5 nitrogen and oxygen atoms in total. The Kier molecular flexibility index (Phi) is 5.52. The summed E-state index contributed by atoms with van der Waals surface area (Å²) in [5.74, 6) is -2.13. The van der Waals surface area contributed by atoms with Crippen molar-refractivity contribution in [1.82, 2.24) is 10.3 Å². The molecule has 0 aliphatic rings. The Hall–Kier alpha value is -3.94. The molecular weight excluding hydrogens is 421 g/mol. The number of carboxylic acids is 1. The van der Waals surface area contributed by atoms with Gasteiger partial charge in [0.05, 0.1) is 22.2 Å². The van der Waals surface area contributed by atoms with Crippen LogP contribution in [0.5, 0.6) is 0 Å². The smallest absolute Gasteiger partial charge is 0.416 e. The molecule has 32 heavy (non-hydrogen) atoms. The third kappa shape index (κ3) is 4.12.